The van der Waals surface area contributed by atoms with Gasteiger partial charge in [0.25, 0.3) is 0 Å². The Labute approximate surface area is 265 Å². The molecule has 0 aliphatic heterocycles. The molecule has 1 aromatic heterocycles. The molecule has 0 aromatic carbocycles. The van der Waals surface area contributed by atoms with E-state index in [1.807, 2.05) is 0 Å². The van der Waals surface area contributed by atoms with E-state index in [9.17, 15) is 0 Å². The molecule has 2 nitrogen and oxygen atoms in total. The Morgan fingerprint density at radius 3 is 0.786 bits per heavy atom. The number of aromatic nitrogens is 2. The second kappa shape index (κ2) is 33.0. The molecule has 0 unspecified atom stereocenters. The SMILES string of the molecule is CCCCCCCCCCCCCCCCCCc1cc(CCCCCCCCCCCCCCCCCC)n[c]n1. The summed E-state index contributed by atoms with van der Waals surface area (Å²) in [6.07, 6.45) is 50.7. The van der Waals surface area contributed by atoms with Gasteiger partial charge in [0.05, 0.1) is 0 Å². The minimum atomic E-state index is 1.10. The molecule has 0 aliphatic rings. The van der Waals surface area contributed by atoms with Crippen molar-refractivity contribution in [1.29, 1.82) is 0 Å². The molecular weight excluding hydrogens is 508 g/mol. The Morgan fingerprint density at radius 2 is 0.548 bits per heavy atom. The standard InChI is InChI=1S/C40H75N2/c1-3-5-7-9-11-13-15-17-19-21-23-25-27-29-31-33-35-39-37-40(42-38-41-39)36-34-32-30-28-26-24-22-20-18-16-14-12-10-8-6-4-2/h37H,3-36H2,1-2H3. The van der Waals surface area contributed by atoms with Crippen LogP contribution in [0.25, 0.3) is 0 Å². The summed E-state index contributed by atoms with van der Waals surface area (Å²) in [6.45, 7) is 4.60. The predicted molar refractivity (Wildman–Crippen MR) is 187 cm³/mol. The zero-order chi connectivity index (χ0) is 30.0. The van der Waals surface area contributed by atoms with Gasteiger partial charge in [0.2, 0.25) is 0 Å². The molecule has 0 spiro atoms. The molecule has 0 atom stereocenters. The summed E-state index contributed by atoms with van der Waals surface area (Å²) in [5.41, 5.74) is 2.42. The average molecular weight is 584 g/mol. The minimum Gasteiger partial charge on any atom is -0.230 e. The topological polar surface area (TPSA) is 25.8 Å². The van der Waals surface area contributed by atoms with Crippen molar-refractivity contribution in [1.82, 2.24) is 9.97 Å². The van der Waals surface area contributed by atoms with Crippen LogP contribution in [0.2, 0.25) is 0 Å². The number of nitrogens with zero attached hydrogens (tertiary/aromatic N) is 2. The van der Waals surface area contributed by atoms with Gasteiger partial charge in [-0.25, -0.2) is 9.97 Å². The molecule has 0 saturated heterocycles. The first-order valence-corrected chi connectivity index (χ1v) is 19.6. The number of rotatable bonds is 34. The van der Waals surface area contributed by atoms with Crippen molar-refractivity contribution in [2.24, 2.45) is 0 Å². The van der Waals surface area contributed by atoms with Gasteiger partial charge in [-0.15, -0.1) is 0 Å². The first-order valence-electron chi connectivity index (χ1n) is 19.6. The van der Waals surface area contributed by atoms with Crippen LogP contribution < -0.4 is 0 Å². The summed E-state index contributed by atoms with van der Waals surface area (Å²) < 4.78 is 0. The van der Waals surface area contributed by atoms with E-state index >= 15 is 0 Å². The maximum absolute atomic E-state index is 4.44. The van der Waals surface area contributed by atoms with Crippen molar-refractivity contribution in [3.63, 3.8) is 0 Å². The fourth-order valence-electron chi connectivity index (χ4n) is 6.37. The molecule has 42 heavy (non-hydrogen) atoms. The van der Waals surface area contributed by atoms with Gasteiger partial charge < -0.3 is 0 Å². The Hall–Kier alpha value is -0.920. The van der Waals surface area contributed by atoms with Crippen LogP contribution in [0.3, 0.4) is 0 Å². The van der Waals surface area contributed by atoms with Crippen molar-refractivity contribution in [3.8, 4) is 0 Å². The summed E-state index contributed by atoms with van der Waals surface area (Å²) in [5, 5.41) is 0. The zero-order valence-corrected chi connectivity index (χ0v) is 29.0. The molecule has 245 valence electrons. The van der Waals surface area contributed by atoms with E-state index in [0.717, 1.165) is 12.8 Å². The van der Waals surface area contributed by atoms with Gasteiger partial charge in [0, 0.05) is 11.4 Å². The van der Waals surface area contributed by atoms with Crippen LogP contribution in [-0.4, -0.2) is 9.97 Å². The van der Waals surface area contributed by atoms with Crippen LogP contribution in [0.5, 0.6) is 0 Å². The summed E-state index contributed by atoms with van der Waals surface area (Å²) in [4.78, 5) is 8.87. The fourth-order valence-corrected chi connectivity index (χ4v) is 6.37. The van der Waals surface area contributed by atoms with Gasteiger partial charge in [-0.1, -0.05) is 206 Å². The van der Waals surface area contributed by atoms with Crippen molar-refractivity contribution >= 4 is 0 Å². The molecule has 1 heterocycles. The van der Waals surface area contributed by atoms with Gasteiger partial charge in [0.15, 0.2) is 6.33 Å². The molecule has 0 bridgehead atoms. The lowest BCUT2D eigenvalue weighted by Gasteiger charge is -2.05. The van der Waals surface area contributed by atoms with E-state index in [4.69, 9.17) is 0 Å². The average Bonchev–Trinajstić information content (AvgIpc) is 3.01. The third kappa shape index (κ3) is 27.9. The van der Waals surface area contributed by atoms with Gasteiger partial charge in [-0.2, -0.15) is 0 Å². The third-order valence-corrected chi connectivity index (χ3v) is 9.29. The molecule has 0 amide bonds. The molecule has 0 saturated carbocycles. The lowest BCUT2D eigenvalue weighted by Crippen LogP contribution is -1.97. The Morgan fingerprint density at radius 1 is 0.333 bits per heavy atom. The first kappa shape index (κ1) is 39.1. The van der Waals surface area contributed by atoms with Crippen LogP contribution in [0.15, 0.2) is 6.07 Å². The Bertz CT molecular complexity index is 591. The molecule has 0 aliphatic carbocycles. The monoisotopic (exact) mass is 584 g/mol. The van der Waals surface area contributed by atoms with Gasteiger partial charge >= 0.3 is 0 Å². The molecular formula is C40H75N2. The molecule has 0 fully saturated rings. The summed E-state index contributed by atoms with van der Waals surface area (Å²) >= 11 is 0. The summed E-state index contributed by atoms with van der Waals surface area (Å²) in [7, 11) is 0. The van der Waals surface area contributed by atoms with Crippen LogP contribution in [0, 0.1) is 6.33 Å². The van der Waals surface area contributed by atoms with Gasteiger partial charge in [-0.05, 0) is 31.7 Å². The van der Waals surface area contributed by atoms with Crippen molar-refractivity contribution in [2.45, 2.75) is 232 Å². The highest BCUT2D eigenvalue weighted by Crippen LogP contribution is 2.16. The molecule has 0 N–H and O–H groups in total. The minimum absolute atomic E-state index is 1.10. The molecule has 1 radical (unpaired) electrons. The zero-order valence-electron chi connectivity index (χ0n) is 29.0. The van der Waals surface area contributed by atoms with E-state index in [0.29, 0.717) is 0 Å². The van der Waals surface area contributed by atoms with E-state index in [1.165, 1.54) is 217 Å². The smallest absolute Gasteiger partial charge is 0.198 e. The van der Waals surface area contributed by atoms with E-state index < -0.39 is 0 Å². The van der Waals surface area contributed by atoms with E-state index in [2.05, 4.69) is 36.2 Å². The van der Waals surface area contributed by atoms with Crippen molar-refractivity contribution in [3.05, 3.63) is 23.8 Å². The van der Waals surface area contributed by atoms with Crippen molar-refractivity contribution in [2.75, 3.05) is 0 Å². The second-order valence-corrected chi connectivity index (χ2v) is 13.6. The summed E-state index contributed by atoms with van der Waals surface area (Å²) in [5.74, 6) is 0. The number of unbranched alkanes of at least 4 members (excludes halogenated alkanes) is 30. The quantitative estimate of drug-likeness (QED) is 0.0754. The van der Waals surface area contributed by atoms with Gasteiger partial charge in [0.1, 0.15) is 0 Å². The highest BCUT2D eigenvalue weighted by Gasteiger charge is 2.02. The molecule has 2 heteroatoms. The normalized spacial score (nSPS) is 11.5. The van der Waals surface area contributed by atoms with Crippen LogP contribution >= 0.6 is 0 Å². The third-order valence-electron chi connectivity index (χ3n) is 9.29. The second-order valence-electron chi connectivity index (χ2n) is 13.6. The Kier molecular flexibility index (Phi) is 30.7. The highest BCUT2D eigenvalue weighted by atomic mass is 14.8. The largest absolute Gasteiger partial charge is 0.230 e. The maximum Gasteiger partial charge on any atom is 0.198 e. The van der Waals surface area contributed by atoms with Crippen LogP contribution in [0.1, 0.15) is 231 Å². The summed E-state index contributed by atoms with van der Waals surface area (Å²) in [6, 6.07) is 2.26. The Balaban J connectivity index is 1.84. The first-order chi connectivity index (χ1) is 20.9. The van der Waals surface area contributed by atoms with E-state index in [1.54, 1.807) is 0 Å². The van der Waals surface area contributed by atoms with Gasteiger partial charge in [-0.3, -0.25) is 0 Å². The lowest BCUT2D eigenvalue weighted by atomic mass is 10.0. The number of aryl methyl sites for hydroxylation is 2. The van der Waals surface area contributed by atoms with Crippen LogP contribution in [-0.2, 0) is 12.8 Å². The molecule has 1 rings (SSSR count). The lowest BCUT2D eigenvalue weighted by molar-refractivity contribution is 0.528. The van der Waals surface area contributed by atoms with Crippen LogP contribution in [0.4, 0.5) is 0 Å². The molecule has 1 aromatic rings. The van der Waals surface area contributed by atoms with Crippen molar-refractivity contribution < 1.29 is 0 Å². The van der Waals surface area contributed by atoms with E-state index in [-0.39, 0.29) is 0 Å². The maximum atomic E-state index is 4.44. The predicted octanol–water partition coefficient (Wildman–Crippen LogP) is 13.9. The number of hydrogen-bond acceptors (Lipinski definition) is 2. The fraction of sp³-hybridized carbons (Fsp3) is 0.900. The number of hydrogen-bond donors (Lipinski definition) is 0. The highest BCUT2D eigenvalue weighted by molar-refractivity contribution is 5.08.